The molecule has 0 saturated carbocycles. The Kier molecular flexibility index (Phi) is 4.97. The maximum atomic E-state index is 11.2. The largest absolute Gasteiger partial charge is 0.477 e. The van der Waals surface area contributed by atoms with Gasteiger partial charge in [0.05, 0.1) is 18.9 Å². The first kappa shape index (κ1) is 14.8. The Morgan fingerprint density at radius 2 is 2.15 bits per heavy atom. The quantitative estimate of drug-likeness (QED) is 0.742. The molecule has 0 unspecified atom stereocenters. The van der Waals surface area contributed by atoms with Gasteiger partial charge in [-0.15, -0.1) is 0 Å². The fourth-order valence-electron chi connectivity index (χ4n) is 2.45. The third-order valence-corrected chi connectivity index (χ3v) is 3.48. The van der Waals surface area contributed by atoms with Crippen molar-refractivity contribution in [3.05, 3.63) is 11.3 Å². The zero-order valence-corrected chi connectivity index (χ0v) is 12.1. The minimum atomic E-state index is -0.939. The van der Waals surface area contributed by atoms with Crippen LogP contribution in [-0.4, -0.2) is 65.1 Å². The molecule has 0 spiro atoms. The number of carbonyl (C=O) groups is 1. The normalized spacial score (nSPS) is 16.3. The molecule has 1 fully saturated rings. The van der Waals surface area contributed by atoms with E-state index in [0.717, 1.165) is 45.8 Å². The Morgan fingerprint density at radius 3 is 2.80 bits per heavy atom. The van der Waals surface area contributed by atoms with Crippen molar-refractivity contribution in [2.24, 2.45) is 7.05 Å². The molecule has 0 amide bonds. The van der Waals surface area contributed by atoms with E-state index >= 15 is 0 Å². The van der Waals surface area contributed by atoms with Gasteiger partial charge in [-0.25, -0.2) is 4.79 Å². The van der Waals surface area contributed by atoms with E-state index in [-0.39, 0.29) is 5.56 Å². The lowest BCUT2D eigenvalue weighted by atomic mass is 10.2. The number of anilines is 1. The fraction of sp³-hybridized carbons (Fsp3) is 0.692. The van der Waals surface area contributed by atoms with Gasteiger partial charge in [0.1, 0.15) is 11.4 Å². The van der Waals surface area contributed by atoms with E-state index in [9.17, 15) is 9.90 Å². The molecule has 20 heavy (non-hydrogen) atoms. The summed E-state index contributed by atoms with van der Waals surface area (Å²) in [6.45, 7) is 7.00. The first-order valence-corrected chi connectivity index (χ1v) is 6.90. The van der Waals surface area contributed by atoms with Crippen LogP contribution < -0.4 is 5.32 Å². The second kappa shape index (κ2) is 6.71. The summed E-state index contributed by atoms with van der Waals surface area (Å²) in [7, 11) is 1.75. The van der Waals surface area contributed by atoms with E-state index in [1.807, 2.05) is 0 Å². The van der Waals surface area contributed by atoms with Gasteiger partial charge in [-0.1, -0.05) is 0 Å². The van der Waals surface area contributed by atoms with E-state index in [0.29, 0.717) is 11.5 Å². The summed E-state index contributed by atoms with van der Waals surface area (Å²) >= 11 is 0. The van der Waals surface area contributed by atoms with Crippen molar-refractivity contribution in [2.75, 3.05) is 44.7 Å². The number of carboxylic acids is 1. The topological polar surface area (TPSA) is 79.6 Å². The van der Waals surface area contributed by atoms with Gasteiger partial charge in [0, 0.05) is 26.7 Å². The lowest BCUT2D eigenvalue weighted by Gasteiger charge is -2.26. The summed E-state index contributed by atoms with van der Waals surface area (Å²) in [6, 6.07) is 0. The van der Waals surface area contributed by atoms with Crippen molar-refractivity contribution >= 4 is 11.8 Å². The molecule has 1 aliphatic heterocycles. The van der Waals surface area contributed by atoms with Crippen LogP contribution >= 0.6 is 0 Å². The lowest BCUT2D eigenvalue weighted by molar-refractivity contribution is 0.0378. The molecule has 112 valence electrons. The van der Waals surface area contributed by atoms with Crippen molar-refractivity contribution in [1.29, 1.82) is 0 Å². The molecule has 1 aliphatic rings. The number of morpholine rings is 1. The second-order valence-corrected chi connectivity index (χ2v) is 4.97. The van der Waals surface area contributed by atoms with Gasteiger partial charge in [-0.05, 0) is 19.9 Å². The van der Waals surface area contributed by atoms with Crippen LogP contribution in [0.25, 0.3) is 0 Å². The van der Waals surface area contributed by atoms with Crippen LogP contribution in [0, 0.1) is 6.92 Å². The van der Waals surface area contributed by atoms with Crippen LogP contribution in [0.2, 0.25) is 0 Å². The highest BCUT2D eigenvalue weighted by Crippen LogP contribution is 2.18. The smallest absolute Gasteiger partial charge is 0.341 e. The summed E-state index contributed by atoms with van der Waals surface area (Å²) in [5.74, 6) is -0.358. The molecule has 7 heteroatoms. The van der Waals surface area contributed by atoms with E-state index < -0.39 is 5.97 Å². The number of rotatable bonds is 6. The first-order valence-electron chi connectivity index (χ1n) is 6.90. The van der Waals surface area contributed by atoms with Crippen LogP contribution in [-0.2, 0) is 11.8 Å². The predicted molar refractivity (Wildman–Crippen MR) is 75.3 cm³/mol. The highest BCUT2D eigenvalue weighted by atomic mass is 16.5. The summed E-state index contributed by atoms with van der Waals surface area (Å²) in [6.07, 6.45) is 0.962. The molecule has 2 N–H and O–H groups in total. The molecular formula is C13H22N4O3. The van der Waals surface area contributed by atoms with Crippen LogP contribution in [0.3, 0.4) is 0 Å². The van der Waals surface area contributed by atoms with Gasteiger partial charge in [-0.2, -0.15) is 5.10 Å². The number of hydrogen-bond donors (Lipinski definition) is 2. The summed E-state index contributed by atoms with van der Waals surface area (Å²) in [5.41, 5.74) is 0.801. The highest BCUT2D eigenvalue weighted by molar-refractivity contribution is 5.94. The first-order chi connectivity index (χ1) is 9.59. The number of ether oxygens (including phenoxy) is 1. The Labute approximate surface area is 118 Å². The summed E-state index contributed by atoms with van der Waals surface area (Å²) < 4.78 is 6.89. The zero-order valence-electron chi connectivity index (χ0n) is 12.1. The van der Waals surface area contributed by atoms with Gasteiger partial charge < -0.3 is 15.2 Å². The molecule has 0 aliphatic carbocycles. The number of hydrogen-bond acceptors (Lipinski definition) is 5. The minimum Gasteiger partial charge on any atom is -0.477 e. The average Bonchev–Trinajstić information content (AvgIpc) is 2.70. The van der Waals surface area contributed by atoms with Gasteiger partial charge in [0.15, 0.2) is 0 Å². The van der Waals surface area contributed by atoms with E-state index in [2.05, 4.69) is 15.3 Å². The second-order valence-electron chi connectivity index (χ2n) is 4.97. The SMILES string of the molecule is Cc1nn(C)c(NCCCN2CCOCC2)c1C(=O)O. The standard InChI is InChI=1S/C13H22N4O3/c1-10-11(13(18)19)12(16(2)15-10)14-4-3-5-17-6-8-20-9-7-17/h14H,3-9H2,1-2H3,(H,18,19). The van der Waals surface area contributed by atoms with Gasteiger partial charge in [0.2, 0.25) is 0 Å². The molecule has 0 aromatic carbocycles. The Hall–Kier alpha value is -1.60. The number of aryl methyl sites for hydroxylation is 2. The monoisotopic (exact) mass is 282 g/mol. The fourth-order valence-corrected chi connectivity index (χ4v) is 2.45. The maximum Gasteiger partial charge on any atom is 0.341 e. The Balaban J connectivity index is 1.83. The number of nitrogens with one attached hydrogen (secondary N) is 1. The third kappa shape index (κ3) is 3.49. The molecule has 1 aromatic rings. The van der Waals surface area contributed by atoms with Crippen molar-refractivity contribution in [2.45, 2.75) is 13.3 Å². The highest BCUT2D eigenvalue weighted by Gasteiger charge is 2.19. The Morgan fingerprint density at radius 1 is 1.45 bits per heavy atom. The predicted octanol–water partition coefficient (Wildman–Crippen LogP) is 0.561. The molecule has 0 atom stereocenters. The number of carboxylic acid groups (broad SMARTS) is 1. The van der Waals surface area contributed by atoms with Crippen molar-refractivity contribution in [3.8, 4) is 0 Å². The van der Waals surface area contributed by atoms with E-state index in [1.54, 1.807) is 18.7 Å². The molecule has 0 radical (unpaired) electrons. The van der Waals surface area contributed by atoms with Gasteiger partial charge in [0.25, 0.3) is 0 Å². The molecular weight excluding hydrogens is 260 g/mol. The van der Waals surface area contributed by atoms with E-state index in [1.165, 1.54) is 0 Å². The number of aromatic nitrogens is 2. The lowest BCUT2D eigenvalue weighted by Crippen LogP contribution is -2.37. The molecule has 2 rings (SSSR count). The van der Waals surface area contributed by atoms with Gasteiger partial charge in [-0.3, -0.25) is 9.58 Å². The van der Waals surface area contributed by atoms with Crippen molar-refractivity contribution < 1.29 is 14.6 Å². The molecule has 1 saturated heterocycles. The third-order valence-electron chi connectivity index (χ3n) is 3.48. The molecule has 0 bridgehead atoms. The summed E-state index contributed by atoms with van der Waals surface area (Å²) in [5, 5.41) is 16.5. The minimum absolute atomic E-state index is 0.263. The molecule has 7 nitrogen and oxygen atoms in total. The van der Waals surface area contributed by atoms with Gasteiger partial charge >= 0.3 is 5.97 Å². The number of aromatic carboxylic acids is 1. The molecule has 2 heterocycles. The Bertz CT molecular complexity index is 466. The van der Waals surface area contributed by atoms with Crippen LogP contribution in [0.15, 0.2) is 0 Å². The van der Waals surface area contributed by atoms with Crippen LogP contribution in [0.5, 0.6) is 0 Å². The van der Waals surface area contributed by atoms with Crippen LogP contribution in [0.4, 0.5) is 5.82 Å². The zero-order chi connectivity index (χ0) is 14.5. The van der Waals surface area contributed by atoms with Crippen molar-refractivity contribution in [3.63, 3.8) is 0 Å². The van der Waals surface area contributed by atoms with E-state index in [4.69, 9.17) is 4.74 Å². The maximum absolute atomic E-state index is 11.2. The molecule has 1 aromatic heterocycles. The summed E-state index contributed by atoms with van der Waals surface area (Å²) in [4.78, 5) is 13.6. The van der Waals surface area contributed by atoms with Crippen molar-refractivity contribution in [1.82, 2.24) is 14.7 Å². The van der Waals surface area contributed by atoms with Crippen LogP contribution in [0.1, 0.15) is 22.5 Å². The number of nitrogens with zero attached hydrogens (tertiary/aromatic N) is 3. The average molecular weight is 282 g/mol.